The molecule has 1 heterocycles. The number of halogens is 1. The molecular weight excluding hydrogens is 238 g/mol. The molecule has 1 aromatic heterocycles. The predicted molar refractivity (Wildman–Crippen MR) is 67.4 cm³/mol. The number of methoxy groups -OCH3 is 1. The van der Waals surface area contributed by atoms with Gasteiger partial charge in [-0.25, -0.2) is 9.97 Å². The van der Waals surface area contributed by atoms with Crippen LogP contribution >= 0.6 is 11.6 Å². The maximum absolute atomic E-state index is 5.94. The lowest BCUT2D eigenvalue weighted by Crippen LogP contribution is -2.02. The fraction of sp³-hybridized carbons (Fsp3) is 0.167. The van der Waals surface area contributed by atoms with E-state index in [2.05, 4.69) is 15.3 Å². The first-order valence-corrected chi connectivity index (χ1v) is 5.48. The lowest BCUT2D eigenvalue weighted by Gasteiger charge is -2.11. The summed E-state index contributed by atoms with van der Waals surface area (Å²) in [7, 11) is 1.63. The molecule has 0 radical (unpaired) electrons. The zero-order valence-electron chi connectivity index (χ0n) is 9.35. The highest BCUT2D eigenvalue weighted by Crippen LogP contribution is 2.27. The Hall–Kier alpha value is -1.81. The van der Waals surface area contributed by atoms with E-state index in [1.165, 1.54) is 6.33 Å². The van der Waals surface area contributed by atoms with Gasteiger partial charge in [0.15, 0.2) is 0 Å². The Morgan fingerprint density at radius 1 is 1.29 bits per heavy atom. The van der Waals surface area contributed by atoms with Crippen LogP contribution in [0.5, 0.6) is 5.75 Å². The van der Waals surface area contributed by atoms with Gasteiger partial charge in [0.1, 0.15) is 12.1 Å². The number of nitrogens with one attached hydrogen (secondary N) is 1. The molecule has 0 unspecified atom stereocenters. The van der Waals surface area contributed by atoms with Crippen LogP contribution in [0.25, 0.3) is 0 Å². The summed E-state index contributed by atoms with van der Waals surface area (Å²) in [6, 6.07) is 5.44. The molecule has 0 spiro atoms. The smallest absolute Gasteiger partial charge is 0.142 e. The third-order valence-corrected chi connectivity index (χ3v) is 2.49. The van der Waals surface area contributed by atoms with Gasteiger partial charge in [0.25, 0.3) is 0 Å². The third-order valence-electron chi connectivity index (χ3n) is 2.26. The van der Waals surface area contributed by atoms with Gasteiger partial charge in [-0.1, -0.05) is 11.6 Å². The molecule has 4 nitrogen and oxygen atoms in total. The van der Waals surface area contributed by atoms with Crippen molar-refractivity contribution in [3.8, 4) is 5.75 Å². The summed E-state index contributed by atoms with van der Waals surface area (Å²) in [5, 5.41) is 3.90. The molecule has 0 saturated carbocycles. The molecule has 5 heteroatoms. The van der Waals surface area contributed by atoms with Gasteiger partial charge in [-0.3, -0.25) is 0 Å². The fourth-order valence-electron chi connectivity index (χ4n) is 1.44. The average Bonchev–Trinajstić information content (AvgIpc) is 2.38. The normalized spacial score (nSPS) is 10.0. The summed E-state index contributed by atoms with van der Waals surface area (Å²) in [6.45, 7) is 0.623. The van der Waals surface area contributed by atoms with Crippen LogP contribution in [0.15, 0.2) is 36.9 Å². The minimum Gasteiger partial charge on any atom is -0.495 e. The topological polar surface area (TPSA) is 47.0 Å². The largest absolute Gasteiger partial charge is 0.495 e. The summed E-state index contributed by atoms with van der Waals surface area (Å²) < 4.78 is 5.24. The van der Waals surface area contributed by atoms with Crippen LogP contribution < -0.4 is 10.1 Å². The fourth-order valence-corrected chi connectivity index (χ4v) is 1.61. The van der Waals surface area contributed by atoms with Crippen LogP contribution in [0.4, 0.5) is 5.69 Å². The van der Waals surface area contributed by atoms with E-state index < -0.39 is 0 Å². The quantitative estimate of drug-likeness (QED) is 0.905. The number of anilines is 1. The molecule has 0 aliphatic carbocycles. The SMILES string of the molecule is COc1ccc(Cl)cc1NCc1cncnc1. The van der Waals surface area contributed by atoms with Crippen LogP contribution in [0.2, 0.25) is 5.02 Å². The molecule has 1 N–H and O–H groups in total. The number of rotatable bonds is 4. The average molecular weight is 250 g/mol. The number of hydrogen-bond acceptors (Lipinski definition) is 4. The monoisotopic (exact) mass is 249 g/mol. The zero-order chi connectivity index (χ0) is 12.1. The van der Waals surface area contributed by atoms with Crippen molar-refractivity contribution in [2.24, 2.45) is 0 Å². The first-order valence-electron chi connectivity index (χ1n) is 5.11. The molecule has 0 aliphatic rings. The highest BCUT2D eigenvalue weighted by Gasteiger charge is 2.03. The Balaban J connectivity index is 2.11. The summed E-state index contributed by atoms with van der Waals surface area (Å²) in [6.07, 6.45) is 5.03. The van der Waals surface area contributed by atoms with E-state index in [9.17, 15) is 0 Å². The van der Waals surface area contributed by atoms with Crippen LogP contribution in [-0.2, 0) is 6.54 Å². The summed E-state index contributed by atoms with van der Waals surface area (Å²) in [4.78, 5) is 7.90. The Kier molecular flexibility index (Phi) is 3.77. The van der Waals surface area contributed by atoms with Gasteiger partial charge in [-0.05, 0) is 18.2 Å². The van der Waals surface area contributed by atoms with E-state index in [4.69, 9.17) is 16.3 Å². The lowest BCUT2D eigenvalue weighted by molar-refractivity contribution is 0.416. The van der Waals surface area contributed by atoms with Gasteiger partial charge >= 0.3 is 0 Å². The van der Waals surface area contributed by atoms with Crippen molar-refractivity contribution in [2.45, 2.75) is 6.54 Å². The first kappa shape index (κ1) is 11.7. The van der Waals surface area contributed by atoms with Crippen molar-refractivity contribution in [1.82, 2.24) is 9.97 Å². The highest BCUT2D eigenvalue weighted by atomic mass is 35.5. The van der Waals surface area contributed by atoms with Crippen molar-refractivity contribution in [3.05, 3.63) is 47.5 Å². The molecule has 2 aromatic rings. The van der Waals surface area contributed by atoms with Gasteiger partial charge < -0.3 is 10.1 Å². The Morgan fingerprint density at radius 2 is 2.06 bits per heavy atom. The number of aromatic nitrogens is 2. The zero-order valence-corrected chi connectivity index (χ0v) is 10.1. The highest BCUT2D eigenvalue weighted by molar-refractivity contribution is 6.30. The Bertz CT molecular complexity index is 490. The van der Waals surface area contributed by atoms with E-state index in [-0.39, 0.29) is 0 Å². The van der Waals surface area contributed by atoms with E-state index in [0.29, 0.717) is 11.6 Å². The second kappa shape index (κ2) is 5.50. The van der Waals surface area contributed by atoms with Crippen molar-refractivity contribution in [2.75, 3.05) is 12.4 Å². The minimum absolute atomic E-state index is 0.623. The lowest BCUT2D eigenvalue weighted by atomic mass is 10.2. The maximum Gasteiger partial charge on any atom is 0.142 e. The molecule has 88 valence electrons. The van der Waals surface area contributed by atoms with Crippen molar-refractivity contribution in [1.29, 1.82) is 0 Å². The van der Waals surface area contributed by atoms with Crippen molar-refractivity contribution in [3.63, 3.8) is 0 Å². The number of hydrogen-bond donors (Lipinski definition) is 1. The summed E-state index contributed by atoms with van der Waals surface area (Å²) in [5.74, 6) is 0.756. The van der Waals surface area contributed by atoms with E-state index in [1.54, 1.807) is 25.6 Å². The van der Waals surface area contributed by atoms with Gasteiger partial charge in [-0.15, -0.1) is 0 Å². The van der Waals surface area contributed by atoms with E-state index >= 15 is 0 Å². The second-order valence-electron chi connectivity index (χ2n) is 3.44. The maximum atomic E-state index is 5.94. The van der Waals surface area contributed by atoms with Crippen LogP contribution in [0.1, 0.15) is 5.56 Å². The van der Waals surface area contributed by atoms with Crippen molar-refractivity contribution < 1.29 is 4.74 Å². The number of ether oxygens (including phenoxy) is 1. The summed E-state index contributed by atoms with van der Waals surface area (Å²) >= 11 is 5.94. The predicted octanol–water partition coefficient (Wildman–Crippen LogP) is 2.75. The van der Waals surface area contributed by atoms with E-state index in [0.717, 1.165) is 17.0 Å². The molecule has 17 heavy (non-hydrogen) atoms. The molecule has 0 bridgehead atoms. The number of benzene rings is 1. The molecule has 0 amide bonds. The Labute approximate surface area is 105 Å². The third kappa shape index (κ3) is 3.07. The van der Waals surface area contributed by atoms with Gasteiger partial charge in [0, 0.05) is 29.5 Å². The first-order chi connectivity index (χ1) is 8.29. The number of nitrogens with zero attached hydrogens (tertiary/aromatic N) is 2. The molecule has 0 atom stereocenters. The minimum atomic E-state index is 0.623. The van der Waals surface area contributed by atoms with Crippen LogP contribution in [0, 0.1) is 0 Å². The second-order valence-corrected chi connectivity index (χ2v) is 3.88. The van der Waals surface area contributed by atoms with Crippen LogP contribution in [0.3, 0.4) is 0 Å². The molecular formula is C12H12ClN3O. The molecule has 0 fully saturated rings. The van der Waals surface area contributed by atoms with Crippen LogP contribution in [-0.4, -0.2) is 17.1 Å². The van der Waals surface area contributed by atoms with Gasteiger partial charge in [0.2, 0.25) is 0 Å². The van der Waals surface area contributed by atoms with Gasteiger partial charge in [0.05, 0.1) is 12.8 Å². The van der Waals surface area contributed by atoms with Crippen molar-refractivity contribution >= 4 is 17.3 Å². The molecule has 2 rings (SSSR count). The van der Waals surface area contributed by atoms with Gasteiger partial charge in [-0.2, -0.15) is 0 Å². The Morgan fingerprint density at radius 3 is 2.76 bits per heavy atom. The molecule has 0 aliphatic heterocycles. The molecule has 1 aromatic carbocycles. The van der Waals surface area contributed by atoms with E-state index in [1.807, 2.05) is 12.1 Å². The molecule has 0 saturated heterocycles. The standard InChI is InChI=1S/C12H12ClN3O/c1-17-12-3-2-10(13)4-11(12)16-7-9-5-14-8-15-6-9/h2-6,8,16H,7H2,1H3. The summed E-state index contributed by atoms with van der Waals surface area (Å²) in [5.41, 5.74) is 1.85.